The number of nitrogens with one attached hydrogen (secondary N) is 1. The van der Waals surface area contributed by atoms with E-state index >= 15 is 0 Å². The van der Waals surface area contributed by atoms with Crippen molar-refractivity contribution in [3.63, 3.8) is 0 Å². The van der Waals surface area contributed by atoms with Gasteiger partial charge in [0.15, 0.2) is 0 Å². The molecule has 2 aliphatic rings. The van der Waals surface area contributed by atoms with Gasteiger partial charge in [0.05, 0.1) is 10.5 Å². The normalized spacial score (nSPS) is 29.0. The van der Waals surface area contributed by atoms with Crippen LogP contribution in [0.4, 0.5) is 13.2 Å². The molecule has 0 unspecified atom stereocenters. The molecule has 2 bridgehead atoms. The molecule has 2 heterocycles. The zero-order valence-electron chi connectivity index (χ0n) is 12.7. The number of rotatable bonds is 3. The quantitative estimate of drug-likeness (QED) is 0.914. The summed E-state index contributed by atoms with van der Waals surface area (Å²) < 4.78 is 65.6. The first-order chi connectivity index (χ1) is 10.7. The summed E-state index contributed by atoms with van der Waals surface area (Å²) in [6.45, 7) is 0. The SMILES string of the molecule is CN1[C@@H]2CC[C@@H]1CC(NS(=O)(=O)c1cccc(C(F)(F)F)c1)C2. The molecule has 2 fully saturated rings. The lowest BCUT2D eigenvalue weighted by molar-refractivity contribution is -0.137. The Hall–Kier alpha value is -1.12. The molecule has 1 aromatic rings. The number of alkyl halides is 3. The Morgan fingerprint density at radius 1 is 1.17 bits per heavy atom. The van der Waals surface area contributed by atoms with Crippen LogP contribution in [0.5, 0.6) is 0 Å². The van der Waals surface area contributed by atoms with E-state index in [4.69, 9.17) is 0 Å². The van der Waals surface area contributed by atoms with Crippen molar-refractivity contribution < 1.29 is 21.6 Å². The minimum absolute atomic E-state index is 0.219. The van der Waals surface area contributed by atoms with Gasteiger partial charge in [-0.3, -0.25) is 0 Å². The first-order valence-corrected chi connectivity index (χ1v) is 9.06. The summed E-state index contributed by atoms with van der Waals surface area (Å²) in [4.78, 5) is 1.94. The first-order valence-electron chi connectivity index (χ1n) is 7.58. The third kappa shape index (κ3) is 3.39. The van der Waals surface area contributed by atoms with E-state index in [1.807, 2.05) is 7.05 Å². The minimum atomic E-state index is -4.56. The van der Waals surface area contributed by atoms with E-state index in [2.05, 4.69) is 9.62 Å². The maximum absolute atomic E-state index is 12.7. The van der Waals surface area contributed by atoms with Crippen molar-refractivity contribution in [2.45, 2.75) is 54.9 Å². The molecule has 2 atom stereocenters. The largest absolute Gasteiger partial charge is 0.416 e. The van der Waals surface area contributed by atoms with Crippen LogP contribution in [0.15, 0.2) is 29.2 Å². The fourth-order valence-electron chi connectivity index (χ4n) is 3.63. The number of sulfonamides is 1. The Kier molecular flexibility index (Phi) is 4.18. The van der Waals surface area contributed by atoms with Gasteiger partial charge in [0.2, 0.25) is 10.0 Å². The van der Waals surface area contributed by atoms with E-state index < -0.39 is 21.8 Å². The third-order valence-electron chi connectivity index (χ3n) is 4.89. The topological polar surface area (TPSA) is 49.4 Å². The number of piperidine rings is 1. The standard InChI is InChI=1S/C15H19F3N2O2S/c1-20-12-5-6-13(20)9-11(8-12)19-23(21,22)14-4-2-3-10(7-14)15(16,17)18/h2-4,7,11-13,19H,5-6,8-9H2,1H3/t12-,13-/m1/s1. The molecule has 0 amide bonds. The summed E-state index contributed by atoms with van der Waals surface area (Å²) in [5.74, 6) is 0. The molecule has 2 aliphatic heterocycles. The Morgan fingerprint density at radius 3 is 2.35 bits per heavy atom. The second kappa shape index (κ2) is 5.75. The van der Waals surface area contributed by atoms with Gasteiger partial charge in [-0.15, -0.1) is 0 Å². The molecule has 0 radical (unpaired) electrons. The van der Waals surface area contributed by atoms with Gasteiger partial charge in [0, 0.05) is 18.1 Å². The van der Waals surface area contributed by atoms with Crippen molar-refractivity contribution in [2.24, 2.45) is 0 Å². The summed E-state index contributed by atoms with van der Waals surface area (Å²) >= 11 is 0. The Labute approximate surface area is 133 Å². The zero-order valence-corrected chi connectivity index (χ0v) is 13.5. The Bertz CT molecular complexity index is 676. The second-order valence-electron chi connectivity index (χ2n) is 6.37. The van der Waals surface area contributed by atoms with Gasteiger partial charge >= 0.3 is 6.18 Å². The molecule has 128 valence electrons. The van der Waals surface area contributed by atoms with Crippen molar-refractivity contribution in [1.29, 1.82) is 0 Å². The molecule has 0 saturated carbocycles. The van der Waals surface area contributed by atoms with E-state index in [1.54, 1.807) is 0 Å². The predicted octanol–water partition coefficient (Wildman–Crippen LogP) is 2.61. The van der Waals surface area contributed by atoms with Gasteiger partial charge in [-0.1, -0.05) is 6.07 Å². The summed E-state index contributed by atoms with van der Waals surface area (Å²) in [5.41, 5.74) is -0.955. The summed E-state index contributed by atoms with van der Waals surface area (Å²) in [6, 6.07) is 4.35. The minimum Gasteiger partial charge on any atom is -0.300 e. The highest BCUT2D eigenvalue weighted by Crippen LogP contribution is 2.35. The lowest BCUT2D eigenvalue weighted by Crippen LogP contribution is -2.48. The van der Waals surface area contributed by atoms with Crippen molar-refractivity contribution in [3.8, 4) is 0 Å². The molecule has 0 aliphatic carbocycles. The van der Waals surface area contributed by atoms with Gasteiger partial charge in [0.1, 0.15) is 0 Å². The lowest BCUT2D eigenvalue weighted by Gasteiger charge is -2.36. The Morgan fingerprint density at radius 2 is 1.78 bits per heavy atom. The molecule has 8 heteroatoms. The van der Waals surface area contributed by atoms with Gasteiger partial charge in [0.25, 0.3) is 0 Å². The zero-order chi connectivity index (χ0) is 16.8. The number of fused-ring (bicyclic) bond motifs is 2. The summed E-state index contributed by atoms with van der Waals surface area (Å²) in [6.07, 6.45) is -1.07. The average Bonchev–Trinajstić information content (AvgIpc) is 2.69. The van der Waals surface area contributed by atoms with Gasteiger partial charge in [-0.2, -0.15) is 13.2 Å². The number of halogens is 3. The molecule has 4 nitrogen and oxygen atoms in total. The van der Waals surface area contributed by atoms with Gasteiger partial charge < -0.3 is 4.90 Å². The van der Waals surface area contributed by atoms with E-state index in [9.17, 15) is 21.6 Å². The molecular formula is C15H19F3N2O2S. The number of nitrogens with zero attached hydrogens (tertiary/aromatic N) is 1. The van der Waals surface area contributed by atoms with Crippen LogP contribution >= 0.6 is 0 Å². The number of benzene rings is 1. The fourth-order valence-corrected chi connectivity index (χ4v) is 4.94. The van der Waals surface area contributed by atoms with Crippen LogP contribution in [0, 0.1) is 0 Å². The van der Waals surface area contributed by atoms with Crippen molar-refractivity contribution in [3.05, 3.63) is 29.8 Å². The summed E-state index contributed by atoms with van der Waals surface area (Å²) in [7, 11) is -1.91. The fraction of sp³-hybridized carbons (Fsp3) is 0.600. The van der Waals surface area contributed by atoms with Crippen LogP contribution in [0.3, 0.4) is 0 Å². The molecule has 0 aromatic heterocycles. The highest BCUT2D eigenvalue weighted by Gasteiger charge is 2.40. The van der Waals surface area contributed by atoms with Crippen LogP contribution < -0.4 is 4.72 Å². The molecular weight excluding hydrogens is 329 g/mol. The third-order valence-corrected chi connectivity index (χ3v) is 6.41. The van der Waals surface area contributed by atoms with Crippen LogP contribution in [0.1, 0.15) is 31.2 Å². The Balaban J connectivity index is 1.78. The van der Waals surface area contributed by atoms with E-state index in [0.29, 0.717) is 31.0 Å². The molecule has 0 spiro atoms. The molecule has 23 heavy (non-hydrogen) atoms. The molecule has 3 rings (SSSR count). The number of hydrogen-bond donors (Lipinski definition) is 1. The lowest BCUT2D eigenvalue weighted by atomic mass is 9.99. The molecule has 1 aromatic carbocycles. The van der Waals surface area contributed by atoms with Crippen LogP contribution in [-0.4, -0.2) is 38.5 Å². The van der Waals surface area contributed by atoms with Crippen molar-refractivity contribution in [1.82, 2.24) is 9.62 Å². The maximum Gasteiger partial charge on any atom is 0.416 e. The highest BCUT2D eigenvalue weighted by molar-refractivity contribution is 7.89. The average molecular weight is 348 g/mol. The van der Waals surface area contributed by atoms with Crippen molar-refractivity contribution in [2.75, 3.05) is 7.05 Å². The summed E-state index contributed by atoms with van der Waals surface area (Å²) in [5, 5.41) is 0. The predicted molar refractivity (Wildman–Crippen MR) is 79.4 cm³/mol. The van der Waals surface area contributed by atoms with Crippen LogP contribution in [0.2, 0.25) is 0 Å². The highest BCUT2D eigenvalue weighted by atomic mass is 32.2. The monoisotopic (exact) mass is 348 g/mol. The van der Waals surface area contributed by atoms with E-state index in [-0.39, 0.29) is 10.9 Å². The van der Waals surface area contributed by atoms with Gasteiger partial charge in [-0.25, -0.2) is 13.1 Å². The first kappa shape index (κ1) is 16.7. The second-order valence-corrected chi connectivity index (χ2v) is 8.08. The van der Waals surface area contributed by atoms with Crippen molar-refractivity contribution >= 4 is 10.0 Å². The van der Waals surface area contributed by atoms with E-state index in [1.165, 1.54) is 6.07 Å². The van der Waals surface area contributed by atoms with Crippen LogP contribution in [0.25, 0.3) is 0 Å². The smallest absolute Gasteiger partial charge is 0.300 e. The molecule has 2 saturated heterocycles. The number of hydrogen-bond acceptors (Lipinski definition) is 3. The molecule has 1 N–H and O–H groups in total. The van der Waals surface area contributed by atoms with Crippen LogP contribution in [-0.2, 0) is 16.2 Å². The van der Waals surface area contributed by atoms with E-state index in [0.717, 1.165) is 25.0 Å². The maximum atomic E-state index is 12.7. The van der Waals surface area contributed by atoms with Gasteiger partial charge in [-0.05, 0) is 50.9 Å².